The summed E-state index contributed by atoms with van der Waals surface area (Å²) in [6, 6.07) is 15.1. The van der Waals surface area contributed by atoms with Crippen molar-refractivity contribution in [3.63, 3.8) is 0 Å². The molecule has 0 saturated heterocycles. The number of amides is 1. The van der Waals surface area contributed by atoms with Crippen LogP contribution in [0.2, 0.25) is 0 Å². The van der Waals surface area contributed by atoms with Crippen LogP contribution in [0.25, 0.3) is 10.9 Å². The Kier molecular flexibility index (Phi) is 5.26. The van der Waals surface area contributed by atoms with Gasteiger partial charge in [0.15, 0.2) is 0 Å². The molecule has 27 heavy (non-hydrogen) atoms. The van der Waals surface area contributed by atoms with Crippen molar-refractivity contribution in [2.24, 2.45) is 0 Å². The number of halogens is 1. The number of hydrogen-bond acceptors (Lipinski definition) is 4. The first-order chi connectivity index (χ1) is 12.8. The lowest BCUT2D eigenvalue weighted by Gasteiger charge is -2.19. The second kappa shape index (κ2) is 7.61. The summed E-state index contributed by atoms with van der Waals surface area (Å²) in [5, 5.41) is 3.41. The SMILES string of the molecule is CC(C)(C)OC(=O)Nc1ccc(OCc2ccc3cc(F)ccc3n2)cc1. The molecule has 0 unspecified atom stereocenters. The minimum absolute atomic E-state index is 0.284. The molecule has 0 radical (unpaired) electrons. The number of carbonyl (C=O) groups excluding carboxylic acids is 1. The van der Waals surface area contributed by atoms with Gasteiger partial charge in [-0.2, -0.15) is 0 Å². The fraction of sp³-hybridized carbons (Fsp3) is 0.238. The fourth-order valence-corrected chi connectivity index (χ4v) is 2.43. The highest BCUT2D eigenvalue weighted by molar-refractivity contribution is 5.84. The first-order valence-corrected chi connectivity index (χ1v) is 8.57. The third-order valence-corrected chi connectivity index (χ3v) is 3.60. The molecule has 2 aromatic carbocycles. The predicted octanol–water partition coefficient (Wildman–Crippen LogP) is 5.30. The van der Waals surface area contributed by atoms with Gasteiger partial charge in [0, 0.05) is 11.1 Å². The molecular weight excluding hydrogens is 347 g/mol. The van der Waals surface area contributed by atoms with Crippen molar-refractivity contribution in [3.05, 3.63) is 66.1 Å². The highest BCUT2D eigenvalue weighted by Crippen LogP contribution is 2.19. The second-order valence-corrected chi connectivity index (χ2v) is 7.08. The molecule has 0 aliphatic carbocycles. The summed E-state index contributed by atoms with van der Waals surface area (Å²) >= 11 is 0. The summed E-state index contributed by atoms with van der Waals surface area (Å²) < 4.78 is 24.1. The van der Waals surface area contributed by atoms with Crippen molar-refractivity contribution < 1.29 is 18.7 Å². The van der Waals surface area contributed by atoms with Crippen LogP contribution in [0.1, 0.15) is 26.5 Å². The van der Waals surface area contributed by atoms with Gasteiger partial charge in [0.1, 0.15) is 23.8 Å². The summed E-state index contributed by atoms with van der Waals surface area (Å²) in [4.78, 5) is 16.2. The van der Waals surface area contributed by atoms with Crippen molar-refractivity contribution >= 4 is 22.7 Å². The van der Waals surface area contributed by atoms with Crippen LogP contribution in [0.3, 0.4) is 0 Å². The quantitative estimate of drug-likeness (QED) is 0.679. The molecule has 0 aliphatic rings. The highest BCUT2D eigenvalue weighted by Gasteiger charge is 2.16. The van der Waals surface area contributed by atoms with Crippen LogP contribution in [0.15, 0.2) is 54.6 Å². The van der Waals surface area contributed by atoms with Crippen LogP contribution >= 0.6 is 0 Å². The molecule has 5 nitrogen and oxygen atoms in total. The molecule has 0 atom stereocenters. The second-order valence-electron chi connectivity index (χ2n) is 7.08. The Morgan fingerprint density at radius 2 is 1.81 bits per heavy atom. The zero-order chi connectivity index (χ0) is 19.4. The van der Waals surface area contributed by atoms with Crippen LogP contribution in [-0.2, 0) is 11.3 Å². The number of pyridine rings is 1. The van der Waals surface area contributed by atoms with Crippen LogP contribution in [0, 0.1) is 5.82 Å². The topological polar surface area (TPSA) is 60.5 Å². The molecule has 140 valence electrons. The number of hydrogen-bond donors (Lipinski definition) is 1. The van der Waals surface area contributed by atoms with Crippen molar-refractivity contribution in [1.82, 2.24) is 4.98 Å². The smallest absolute Gasteiger partial charge is 0.412 e. The third-order valence-electron chi connectivity index (χ3n) is 3.60. The fourth-order valence-electron chi connectivity index (χ4n) is 2.43. The Morgan fingerprint density at radius 3 is 2.52 bits per heavy atom. The Balaban J connectivity index is 1.58. The first kappa shape index (κ1) is 18.6. The van der Waals surface area contributed by atoms with E-state index in [4.69, 9.17) is 9.47 Å². The van der Waals surface area contributed by atoms with E-state index in [1.54, 1.807) is 57.2 Å². The number of ether oxygens (including phenoxy) is 2. The molecule has 1 aromatic heterocycles. The number of anilines is 1. The number of carbonyl (C=O) groups is 1. The Morgan fingerprint density at radius 1 is 1.07 bits per heavy atom. The molecule has 0 bridgehead atoms. The monoisotopic (exact) mass is 368 g/mol. The molecular formula is C21H21FN2O3. The molecule has 3 rings (SSSR count). The third kappa shape index (κ3) is 5.41. The minimum atomic E-state index is -0.550. The first-order valence-electron chi connectivity index (χ1n) is 8.57. The van der Waals surface area contributed by atoms with Crippen LogP contribution in [-0.4, -0.2) is 16.7 Å². The van der Waals surface area contributed by atoms with Crippen molar-refractivity contribution in [2.75, 3.05) is 5.32 Å². The Labute approximate surface area is 157 Å². The lowest BCUT2D eigenvalue weighted by atomic mass is 10.2. The van der Waals surface area contributed by atoms with Gasteiger partial charge in [-0.05, 0) is 69.3 Å². The molecule has 1 N–H and O–H groups in total. The number of rotatable bonds is 4. The summed E-state index contributed by atoms with van der Waals surface area (Å²) in [7, 11) is 0. The summed E-state index contributed by atoms with van der Waals surface area (Å²) in [6.07, 6.45) is -0.507. The molecule has 1 amide bonds. The van der Waals surface area contributed by atoms with E-state index in [-0.39, 0.29) is 12.4 Å². The Bertz CT molecular complexity index is 950. The van der Waals surface area contributed by atoms with E-state index < -0.39 is 11.7 Å². The number of nitrogens with zero attached hydrogens (tertiary/aromatic N) is 1. The maximum Gasteiger partial charge on any atom is 0.412 e. The van der Waals surface area contributed by atoms with Crippen LogP contribution in [0.4, 0.5) is 14.9 Å². The van der Waals surface area contributed by atoms with E-state index in [1.165, 1.54) is 12.1 Å². The van der Waals surface area contributed by atoms with Crippen LogP contribution < -0.4 is 10.1 Å². The lowest BCUT2D eigenvalue weighted by molar-refractivity contribution is 0.0636. The molecule has 0 spiro atoms. The van der Waals surface area contributed by atoms with E-state index in [0.29, 0.717) is 11.4 Å². The minimum Gasteiger partial charge on any atom is -0.487 e. The molecule has 1 heterocycles. The van der Waals surface area contributed by atoms with Gasteiger partial charge in [0.2, 0.25) is 0 Å². The Hall–Kier alpha value is -3.15. The van der Waals surface area contributed by atoms with Gasteiger partial charge in [0.25, 0.3) is 0 Å². The summed E-state index contributed by atoms with van der Waals surface area (Å²) in [5.41, 5.74) is 1.52. The lowest BCUT2D eigenvalue weighted by Crippen LogP contribution is -2.27. The molecule has 0 saturated carbocycles. The summed E-state index contributed by atoms with van der Waals surface area (Å²) in [5.74, 6) is 0.360. The maximum atomic E-state index is 13.2. The van der Waals surface area contributed by atoms with E-state index in [0.717, 1.165) is 16.6 Å². The average molecular weight is 368 g/mol. The van der Waals surface area contributed by atoms with Gasteiger partial charge >= 0.3 is 6.09 Å². The molecule has 0 fully saturated rings. The van der Waals surface area contributed by atoms with E-state index in [1.807, 2.05) is 6.07 Å². The number of aromatic nitrogens is 1. The molecule has 0 aliphatic heterocycles. The predicted molar refractivity (Wildman–Crippen MR) is 102 cm³/mol. The van der Waals surface area contributed by atoms with Gasteiger partial charge < -0.3 is 9.47 Å². The zero-order valence-electron chi connectivity index (χ0n) is 15.5. The van der Waals surface area contributed by atoms with Crippen molar-refractivity contribution in [2.45, 2.75) is 33.0 Å². The summed E-state index contributed by atoms with van der Waals surface area (Å²) in [6.45, 7) is 5.70. The highest BCUT2D eigenvalue weighted by atomic mass is 19.1. The average Bonchev–Trinajstić information content (AvgIpc) is 2.59. The molecule has 3 aromatic rings. The number of nitrogens with one attached hydrogen (secondary N) is 1. The van der Waals surface area contributed by atoms with E-state index >= 15 is 0 Å². The maximum absolute atomic E-state index is 13.2. The van der Waals surface area contributed by atoms with Crippen molar-refractivity contribution in [3.8, 4) is 5.75 Å². The van der Waals surface area contributed by atoms with Gasteiger partial charge in [-0.25, -0.2) is 14.2 Å². The standard InChI is InChI=1S/C21H21FN2O3/c1-21(2,3)27-20(25)24-16-7-9-18(10-8-16)26-13-17-6-4-14-12-15(22)5-11-19(14)23-17/h4-12H,13H2,1-3H3,(H,24,25). The van der Waals surface area contributed by atoms with Crippen LogP contribution in [0.5, 0.6) is 5.75 Å². The van der Waals surface area contributed by atoms with E-state index in [9.17, 15) is 9.18 Å². The largest absolute Gasteiger partial charge is 0.487 e. The number of benzene rings is 2. The normalized spacial score (nSPS) is 11.3. The zero-order valence-corrected chi connectivity index (χ0v) is 15.5. The van der Waals surface area contributed by atoms with Gasteiger partial charge in [-0.1, -0.05) is 6.07 Å². The van der Waals surface area contributed by atoms with Gasteiger partial charge in [-0.3, -0.25) is 5.32 Å². The van der Waals surface area contributed by atoms with E-state index in [2.05, 4.69) is 10.3 Å². The van der Waals surface area contributed by atoms with Crippen molar-refractivity contribution in [1.29, 1.82) is 0 Å². The number of fused-ring (bicyclic) bond motifs is 1. The van der Waals surface area contributed by atoms with Gasteiger partial charge in [-0.15, -0.1) is 0 Å². The molecule has 6 heteroatoms. The van der Waals surface area contributed by atoms with Gasteiger partial charge in [0.05, 0.1) is 11.2 Å².